The first-order valence-corrected chi connectivity index (χ1v) is 22.0. The first-order chi connectivity index (χ1) is 29.0. The number of cyclic esters (lactones) is 1. The van der Waals surface area contributed by atoms with Crippen molar-refractivity contribution in [2.45, 2.75) is 175 Å². The van der Waals surface area contributed by atoms with Gasteiger partial charge in [0.25, 0.3) is 0 Å². The Balaban J connectivity index is 0.886. The van der Waals surface area contributed by atoms with Gasteiger partial charge in [-0.1, -0.05) is 6.92 Å². The molecular formula is C42H66O19. The van der Waals surface area contributed by atoms with Crippen molar-refractivity contribution < 1.29 is 93.8 Å². The third kappa shape index (κ3) is 7.73. The predicted molar refractivity (Wildman–Crippen MR) is 204 cm³/mol. The lowest BCUT2D eigenvalue weighted by atomic mass is 9.43. The number of aliphatic hydroxyl groups is 10. The molecule has 4 aliphatic heterocycles. The van der Waals surface area contributed by atoms with E-state index in [2.05, 4.69) is 6.92 Å². The molecule has 348 valence electrons. The summed E-state index contributed by atoms with van der Waals surface area (Å²) in [6.45, 7) is 2.90. The number of ether oxygens (including phenoxy) is 8. The number of fused-ring (bicyclic) bond motifs is 5. The standard InChI is InChI=1S/C42H66O19/c1-18-35(61-38-33(51)31(49)29(47)26(60-38)16-56-37-32(50)30(48)28(46)25(14-43)59-37)36(54-3)34(52)39(57-18)58-21-6-10-41(17-44)20(13-21)4-5-24-23(41)7-9-40(2)22(8-11-42(24,40)53)19-12-27(45)55-15-19/h12,18,20-26,28-39,43-44,46-53H,4-11,13-17H2,1-3H3/t18-,20+,21-,22+,23-,24+,25+,26-,28+,29-,30-,31+,32+,33-,34-,35-,36-,37+,38+,39-,40+,41+,42-/m1/s1. The quantitative estimate of drug-likeness (QED) is 0.0774. The van der Waals surface area contributed by atoms with Gasteiger partial charge in [0.15, 0.2) is 18.9 Å². The Labute approximate surface area is 354 Å². The smallest absolute Gasteiger partial charge is 0.331 e. The van der Waals surface area contributed by atoms with E-state index in [0.717, 1.165) is 37.7 Å². The van der Waals surface area contributed by atoms with Crippen LogP contribution >= 0.6 is 0 Å². The van der Waals surface area contributed by atoms with Gasteiger partial charge in [-0.3, -0.25) is 0 Å². The molecule has 19 nitrogen and oxygen atoms in total. The largest absolute Gasteiger partial charge is 0.458 e. The minimum atomic E-state index is -1.79. The minimum absolute atomic E-state index is 0.00116. The van der Waals surface area contributed by atoms with E-state index in [0.29, 0.717) is 25.7 Å². The molecule has 19 heteroatoms. The van der Waals surface area contributed by atoms with Crippen LogP contribution in [0.5, 0.6) is 0 Å². The van der Waals surface area contributed by atoms with Crippen molar-refractivity contribution in [2.75, 3.05) is 33.5 Å². The van der Waals surface area contributed by atoms with Crippen LogP contribution in [0, 0.1) is 34.5 Å². The molecule has 0 spiro atoms. The number of rotatable bonds is 11. The van der Waals surface area contributed by atoms with E-state index in [-0.39, 0.29) is 49.0 Å². The Morgan fingerprint density at radius 3 is 2.10 bits per heavy atom. The van der Waals surface area contributed by atoms with Gasteiger partial charge >= 0.3 is 5.97 Å². The van der Waals surface area contributed by atoms with Crippen molar-refractivity contribution in [1.82, 2.24) is 0 Å². The van der Waals surface area contributed by atoms with Crippen molar-refractivity contribution in [1.29, 1.82) is 0 Å². The monoisotopic (exact) mass is 874 g/mol. The number of esters is 1. The van der Waals surface area contributed by atoms with Crippen LogP contribution in [-0.4, -0.2) is 194 Å². The van der Waals surface area contributed by atoms with Gasteiger partial charge in [-0.05, 0) is 99.4 Å². The molecule has 0 aromatic heterocycles. The lowest BCUT2D eigenvalue weighted by Gasteiger charge is -2.64. The summed E-state index contributed by atoms with van der Waals surface area (Å²) in [6.07, 6.45) is -13.6. The molecule has 23 atom stereocenters. The fraction of sp³-hybridized carbons (Fsp3) is 0.929. The number of hydrogen-bond donors (Lipinski definition) is 10. The Kier molecular flexibility index (Phi) is 13.4. The maximum absolute atomic E-state index is 12.6. The summed E-state index contributed by atoms with van der Waals surface area (Å²) in [5.41, 5.74) is -0.728. The number of carbonyl (C=O) groups is 1. The van der Waals surface area contributed by atoms with E-state index in [4.69, 9.17) is 37.9 Å². The van der Waals surface area contributed by atoms with Gasteiger partial charge in [0.2, 0.25) is 0 Å². The van der Waals surface area contributed by atoms with E-state index in [1.54, 1.807) is 13.0 Å². The summed E-state index contributed by atoms with van der Waals surface area (Å²) >= 11 is 0. The Hall–Kier alpha value is -1.47. The lowest BCUT2D eigenvalue weighted by Crippen LogP contribution is -2.65. The summed E-state index contributed by atoms with van der Waals surface area (Å²) in [5.74, 6) is 0.00336. The molecule has 0 aromatic carbocycles. The molecule has 0 radical (unpaired) electrons. The van der Waals surface area contributed by atoms with Crippen LogP contribution < -0.4 is 0 Å². The summed E-state index contributed by atoms with van der Waals surface area (Å²) in [5, 5.41) is 108. The van der Waals surface area contributed by atoms with Crippen molar-refractivity contribution in [3.05, 3.63) is 11.6 Å². The highest BCUT2D eigenvalue weighted by atomic mass is 16.8. The predicted octanol–water partition coefficient (Wildman–Crippen LogP) is -2.27. The molecule has 10 N–H and O–H groups in total. The number of carbonyl (C=O) groups excluding carboxylic acids is 1. The fourth-order valence-corrected chi connectivity index (χ4v) is 13.1. The number of hydrogen-bond acceptors (Lipinski definition) is 19. The van der Waals surface area contributed by atoms with E-state index >= 15 is 0 Å². The first-order valence-electron chi connectivity index (χ1n) is 22.0. The van der Waals surface area contributed by atoms with Crippen LogP contribution in [0.1, 0.15) is 71.6 Å². The van der Waals surface area contributed by atoms with Crippen LogP contribution in [-0.2, 0) is 42.7 Å². The van der Waals surface area contributed by atoms with E-state index < -0.39 is 122 Å². The van der Waals surface area contributed by atoms with Crippen LogP contribution in [0.2, 0.25) is 0 Å². The molecular weight excluding hydrogens is 808 g/mol. The molecule has 0 bridgehead atoms. The highest BCUT2D eigenvalue weighted by molar-refractivity contribution is 5.85. The van der Waals surface area contributed by atoms with Crippen LogP contribution in [0.4, 0.5) is 0 Å². The molecule has 0 amide bonds. The lowest BCUT2D eigenvalue weighted by molar-refractivity contribution is -0.367. The first kappa shape index (κ1) is 46.1. The molecule has 4 heterocycles. The second-order valence-electron chi connectivity index (χ2n) is 19.3. The highest BCUT2D eigenvalue weighted by Crippen LogP contribution is 2.70. The Bertz CT molecular complexity index is 1580. The molecule has 61 heavy (non-hydrogen) atoms. The van der Waals surface area contributed by atoms with Gasteiger partial charge in [0.05, 0.1) is 31.0 Å². The normalized spacial score (nSPS) is 53.7. The van der Waals surface area contributed by atoms with Gasteiger partial charge in [0, 0.05) is 25.2 Å². The molecule has 0 aromatic rings. The minimum Gasteiger partial charge on any atom is -0.458 e. The van der Waals surface area contributed by atoms with Crippen LogP contribution in [0.25, 0.3) is 0 Å². The van der Waals surface area contributed by atoms with E-state index in [1.807, 2.05) is 0 Å². The second-order valence-corrected chi connectivity index (χ2v) is 19.3. The zero-order valence-corrected chi connectivity index (χ0v) is 35.0. The Morgan fingerprint density at radius 2 is 1.43 bits per heavy atom. The molecule has 8 aliphatic rings. The average molecular weight is 875 g/mol. The summed E-state index contributed by atoms with van der Waals surface area (Å²) in [6, 6.07) is 0. The van der Waals surface area contributed by atoms with Crippen molar-refractivity contribution in [3.8, 4) is 0 Å². The van der Waals surface area contributed by atoms with Crippen LogP contribution in [0.15, 0.2) is 11.6 Å². The highest BCUT2D eigenvalue weighted by Gasteiger charge is 2.68. The topological polar surface area (TPSA) is 293 Å². The number of methoxy groups -OCH3 is 1. The van der Waals surface area contributed by atoms with Gasteiger partial charge in [-0.2, -0.15) is 0 Å². The van der Waals surface area contributed by atoms with Crippen LogP contribution in [0.3, 0.4) is 0 Å². The average Bonchev–Trinajstić information content (AvgIpc) is 3.80. The van der Waals surface area contributed by atoms with Gasteiger partial charge < -0.3 is 89.0 Å². The Morgan fingerprint density at radius 1 is 0.738 bits per heavy atom. The SMILES string of the molecule is CO[C@@H]1[C@@H](O)[C@@H](O[C@@H]2CC[C@]3(CO)[C@@H](CC[C@H]4[C@H]3CC[C@@]3(C)[C@H](C5=CC(=O)OC5)CC[C@@]43O)C2)O[C@H](C)[C@H]1O[C@@H]1O[C@H](CO[C@H]2O[C@@H](CO)[C@H](O)[C@@H](O)[C@@H]2O)[C@@H](O)[C@H](O)[C@H]1O. The van der Waals surface area contributed by atoms with Crippen molar-refractivity contribution in [2.24, 2.45) is 34.5 Å². The summed E-state index contributed by atoms with van der Waals surface area (Å²) < 4.78 is 46.5. The molecule has 8 rings (SSSR count). The van der Waals surface area contributed by atoms with Gasteiger partial charge in [-0.15, -0.1) is 0 Å². The maximum Gasteiger partial charge on any atom is 0.331 e. The molecule has 7 fully saturated rings. The fourth-order valence-electron chi connectivity index (χ4n) is 13.1. The molecule has 4 saturated carbocycles. The maximum atomic E-state index is 12.6. The zero-order chi connectivity index (χ0) is 43.8. The second kappa shape index (κ2) is 17.7. The third-order valence-electron chi connectivity index (χ3n) is 16.5. The molecule has 0 unspecified atom stereocenters. The van der Waals surface area contributed by atoms with Crippen molar-refractivity contribution in [3.63, 3.8) is 0 Å². The van der Waals surface area contributed by atoms with E-state index in [1.165, 1.54) is 7.11 Å². The van der Waals surface area contributed by atoms with Gasteiger partial charge in [-0.25, -0.2) is 4.79 Å². The summed E-state index contributed by atoms with van der Waals surface area (Å²) in [7, 11) is 1.37. The van der Waals surface area contributed by atoms with Crippen molar-refractivity contribution >= 4 is 5.97 Å². The summed E-state index contributed by atoms with van der Waals surface area (Å²) in [4.78, 5) is 12.0. The van der Waals surface area contributed by atoms with E-state index in [9.17, 15) is 55.9 Å². The number of aliphatic hydroxyl groups excluding tert-OH is 9. The zero-order valence-electron chi connectivity index (χ0n) is 35.0. The third-order valence-corrected chi connectivity index (χ3v) is 16.5. The van der Waals surface area contributed by atoms with Gasteiger partial charge in [0.1, 0.15) is 73.8 Å². The molecule has 4 aliphatic carbocycles. The molecule has 3 saturated heterocycles.